The van der Waals surface area contributed by atoms with E-state index < -0.39 is 0 Å². The van der Waals surface area contributed by atoms with Crippen LogP contribution in [0.15, 0.2) is 51.3 Å². The predicted octanol–water partition coefficient (Wildman–Crippen LogP) is 4.03. The molecule has 0 aliphatic heterocycles. The van der Waals surface area contributed by atoms with Gasteiger partial charge >= 0.3 is 0 Å². The number of hydrogen-bond donors (Lipinski definition) is 1. The Labute approximate surface area is 144 Å². The van der Waals surface area contributed by atoms with E-state index in [0.717, 1.165) is 5.69 Å². The minimum Gasteiger partial charge on any atom is -0.382 e. The van der Waals surface area contributed by atoms with Gasteiger partial charge in [0.05, 0.1) is 17.6 Å². The Hall–Kier alpha value is -3.47. The molecule has 0 atom stereocenters. The summed E-state index contributed by atoms with van der Waals surface area (Å²) in [5.74, 6) is 0.395. The molecule has 0 unspecified atom stereocenters. The standard InChI is InChI=1S/C17H17N7O/c1-17(2,3)14-13(21-22-16-11(9-18)10-20-25-16)15(19)24(23-14)12-7-5-4-6-8-12/h4-8,10H,19H2,1-3H3. The second kappa shape index (κ2) is 6.20. The number of aromatic nitrogens is 3. The molecule has 25 heavy (non-hydrogen) atoms. The Kier molecular flexibility index (Phi) is 4.07. The summed E-state index contributed by atoms with van der Waals surface area (Å²) in [6.07, 6.45) is 1.29. The number of anilines is 1. The summed E-state index contributed by atoms with van der Waals surface area (Å²) >= 11 is 0. The Morgan fingerprint density at radius 2 is 1.92 bits per heavy atom. The number of benzene rings is 1. The Bertz CT molecular complexity index is 955. The fourth-order valence-corrected chi connectivity index (χ4v) is 2.27. The average molecular weight is 335 g/mol. The lowest BCUT2D eigenvalue weighted by Gasteiger charge is -2.15. The first-order valence-corrected chi connectivity index (χ1v) is 7.62. The minimum atomic E-state index is -0.304. The normalized spacial score (nSPS) is 11.8. The maximum absolute atomic E-state index is 9.00. The van der Waals surface area contributed by atoms with Gasteiger partial charge in [0.25, 0.3) is 5.88 Å². The van der Waals surface area contributed by atoms with E-state index in [0.29, 0.717) is 17.2 Å². The highest BCUT2D eigenvalue weighted by atomic mass is 16.5. The molecule has 0 radical (unpaired) electrons. The summed E-state index contributed by atoms with van der Waals surface area (Å²) in [5.41, 5.74) is 8.13. The molecule has 3 aromatic rings. The summed E-state index contributed by atoms with van der Waals surface area (Å²) in [5, 5.41) is 25.4. The summed E-state index contributed by atoms with van der Waals surface area (Å²) < 4.78 is 6.56. The van der Waals surface area contributed by atoms with Crippen LogP contribution >= 0.6 is 0 Å². The van der Waals surface area contributed by atoms with Gasteiger partial charge in [0.1, 0.15) is 11.6 Å². The molecule has 2 N–H and O–H groups in total. The quantitative estimate of drug-likeness (QED) is 0.725. The van der Waals surface area contributed by atoms with Crippen LogP contribution in [-0.2, 0) is 5.41 Å². The largest absolute Gasteiger partial charge is 0.382 e. The van der Waals surface area contributed by atoms with Crippen molar-refractivity contribution in [3.05, 3.63) is 47.8 Å². The number of nitriles is 1. The van der Waals surface area contributed by atoms with Crippen molar-refractivity contribution < 1.29 is 4.52 Å². The molecule has 0 fully saturated rings. The Morgan fingerprint density at radius 3 is 2.56 bits per heavy atom. The van der Waals surface area contributed by atoms with Crippen LogP contribution in [0.2, 0.25) is 0 Å². The van der Waals surface area contributed by atoms with Crippen molar-refractivity contribution in [2.45, 2.75) is 26.2 Å². The SMILES string of the molecule is CC(C)(C)c1nn(-c2ccccc2)c(N)c1N=Nc1oncc1C#N. The van der Waals surface area contributed by atoms with Gasteiger partial charge in [-0.05, 0) is 12.1 Å². The number of para-hydroxylation sites is 1. The number of rotatable bonds is 3. The summed E-state index contributed by atoms with van der Waals surface area (Å²) in [6, 6.07) is 11.5. The van der Waals surface area contributed by atoms with Gasteiger partial charge in [0.15, 0.2) is 11.5 Å². The molecule has 0 amide bonds. The van der Waals surface area contributed by atoms with Crippen LogP contribution in [0.3, 0.4) is 0 Å². The highest BCUT2D eigenvalue weighted by Gasteiger charge is 2.26. The molecule has 0 saturated carbocycles. The van der Waals surface area contributed by atoms with Crippen LogP contribution in [0.25, 0.3) is 5.69 Å². The van der Waals surface area contributed by atoms with Gasteiger partial charge in [-0.15, -0.1) is 10.2 Å². The van der Waals surface area contributed by atoms with E-state index in [1.165, 1.54) is 6.20 Å². The molecule has 1 aromatic carbocycles. The summed E-state index contributed by atoms with van der Waals surface area (Å²) in [7, 11) is 0. The van der Waals surface area contributed by atoms with Gasteiger partial charge in [-0.2, -0.15) is 10.4 Å². The van der Waals surface area contributed by atoms with E-state index in [2.05, 4.69) is 20.5 Å². The van der Waals surface area contributed by atoms with Crippen LogP contribution < -0.4 is 5.73 Å². The molecule has 0 saturated heterocycles. The summed E-state index contributed by atoms with van der Waals surface area (Å²) in [6.45, 7) is 6.04. The number of hydrogen-bond acceptors (Lipinski definition) is 7. The average Bonchev–Trinajstić information content (AvgIpc) is 3.17. The topological polar surface area (TPSA) is 118 Å². The zero-order valence-electron chi connectivity index (χ0n) is 14.1. The first-order chi connectivity index (χ1) is 11.9. The molecular formula is C17H17N7O. The van der Waals surface area contributed by atoms with Crippen molar-refractivity contribution in [3.63, 3.8) is 0 Å². The van der Waals surface area contributed by atoms with E-state index >= 15 is 0 Å². The zero-order chi connectivity index (χ0) is 18.0. The first kappa shape index (κ1) is 16.4. The van der Waals surface area contributed by atoms with Crippen molar-refractivity contribution in [1.29, 1.82) is 5.26 Å². The maximum Gasteiger partial charge on any atom is 0.286 e. The van der Waals surface area contributed by atoms with Crippen molar-refractivity contribution >= 4 is 17.4 Å². The first-order valence-electron chi connectivity index (χ1n) is 7.62. The lowest BCUT2D eigenvalue weighted by molar-refractivity contribution is 0.427. The number of nitrogens with zero attached hydrogens (tertiary/aromatic N) is 6. The van der Waals surface area contributed by atoms with Gasteiger partial charge in [0.2, 0.25) is 0 Å². The van der Waals surface area contributed by atoms with E-state index in [1.54, 1.807) is 4.68 Å². The Morgan fingerprint density at radius 1 is 1.20 bits per heavy atom. The molecule has 2 aromatic heterocycles. The van der Waals surface area contributed by atoms with Crippen molar-refractivity contribution in [2.75, 3.05) is 5.73 Å². The van der Waals surface area contributed by atoms with Crippen LogP contribution in [0, 0.1) is 11.3 Å². The van der Waals surface area contributed by atoms with Crippen molar-refractivity contribution in [2.24, 2.45) is 10.2 Å². The lowest BCUT2D eigenvalue weighted by Crippen LogP contribution is -2.13. The molecule has 0 aliphatic rings. The predicted molar refractivity (Wildman–Crippen MR) is 92.1 cm³/mol. The van der Waals surface area contributed by atoms with Crippen LogP contribution in [0.5, 0.6) is 0 Å². The highest BCUT2D eigenvalue weighted by Crippen LogP contribution is 2.37. The Balaban J connectivity index is 2.12. The highest BCUT2D eigenvalue weighted by molar-refractivity contribution is 5.65. The molecule has 8 heteroatoms. The molecule has 126 valence electrons. The minimum absolute atomic E-state index is 0.0363. The van der Waals surface area contributed by atoms with E-state index in [1.807, 2.05) is 57.2 Å². The molecular weight excluding hydrogens is 318 g/mol. The monoisotopic (exact) mass is 335 g/mol. The number of nitrogens with two attached hydrogens (primary N) is 1. The molecule has 0 bridgehead atoms. The molecule has 8 nitrogen and oxygen atoms in total. The third-order valence-corrected chi connectivity index (χ3v) is 3.52. The fourth-order valence-electron chi connectivity index (χ4n) is 2.27. The van der Waals surface area contributed by atoms with Gasteiger partial charge in [0, 0.05) is 5.41 Å². The molecule has 0 aliphatic carbocycles. The fraction of sp³-hybridized carbons (Fsp3) is 0.235. The lowest BCUT2D eigenvalue weighted by atomic mass is 9.91. The van der Waals surface area contributed by atoms with Crippen LogP contribution in [0.1, 0.15) is 32.0 Å². The van der Waals surface area contributed by atoms with Crippen molar-refractivity contribution in [1.82, 2.24) is 14.9 Å². The van der Waals surface area contributed by atoms with Gasteiger partial charge in [-0.3, -0.25) is 0 Å². The molecule has 2 heterocycles. The maximum atomic E-state index is 9.00. The van der Waals surface area contributed by atoms with Crippen molar-refractivity contribution in [3.8, 4) is 11.8 Å². The smallest absolute Gasteiger partial charge is 0.286 e. The summed E-state index contributed by atoms with van der Waals surface area (Å²) in [4.78, 5) is 0. The van der Waals surface area contributed by atoms with Gasteiger partial charge < -0.3 is 10.3 Å². The second-order valence-corrected chi connectivity index (χ2v) is 6.44. The van der Waals surface area contributed by atoms with E-state index in [9.17, 15) is 0 Å². The number of nitrogen functional groups attached to an aromatic ring is 1. The van der Waals surface area contributed by atoms with E-state index in [-0.39, 0.29) is 16.9 Å². The third kappa shape index (κ3) is 3.12. The zero-order valence-corrected chi connectivity index (χ0v) is 14.1. The van der Waals surface area contributed by atoms with Crippen LogP contribution in [0.4, 0.5) is 17.4 Å². The third-order valence-electron chi connectivity index (χ3n) is 3.52. The van der Waals surface area contributed by atoms with Gasteiger partial charge in [-0.1, -0.05) is 44.1 Å². The molecule has 3 rings (SSSR count). The van der Waals surface area contributed by atoms with E-state index in [4.69, 9.17) is 15.5 Å². The molecule has 0 spiro atoms. The van der Waals surface area contributed by atoms with Crippen LogP contribution in [-0.4, -0.2) is 14.9 Å². The number of azo groups is 1. The van der Waals surface area contributed by atoms with Gasteiger partial charge in [-0.25, -0.2) is 4.68 Å². The second-order valence-electron chi connectivity index (χ2n) is 6.44.